The number of imidazole rings is 1. The Morgan fingerprint density at radius 3 is 2.61 bits per heavy atom. The minimum absolute atomic E-state index is 0.126. The van der Waals surface area contributed by atoms with Gasteiger partial charge in [0.2, 0.25) is 0 Å². The highest BCUT2D eigenvalue weighted by molar-refractivity contribution is 5.82. The third-order valence-corrected chi connectivity index (χ3v) is 7.09. The van der Waals surface area contributed by atoms with Crippen molar-refractivity contribution in [3.05, 3.63) is 65.0 Å². The van der Waals surface area contributed by atoms with Crippen molar-refractivity contribution in [1.29, 1.82) is 0 Å². The van der Waals surface area contributed by atoms with Gasteiger partial charge in [-0.1, -0.05) is 55.7 Å². The van der Waals surface area contributed by atoms with Crippen molar-refractivity contribution >= 4 is 17.1 Å². The van der Waals surface area contributed by atoms with Gasteiger partial charge in [0, 0.05) is 24.1 Å². The van der Waals surface area contributed by atoms with Crippen LogP contribution in [0.1, 0.15) is 67.5 Å². The summed E-state index contributed by atoms with van der Waals surface area (Å²) in [5, 5.41) is 0. The van der Waals surface area contributed by atoms with Gasteiger partial charge in [0.05, 0.1) is 24.7 Å². The molecule has 1 aromatic heterocycles. The average Bonchev–Trinajstić information content (AvgIpc) is 3.18. The highest BCUT2D eigenvalue weighted by Crippen LogP contribution is 2.37. The van der Waals surface area contributed by atoms with Crippen molar-refractivity contribution in [3.63, 3.8) is 0 Å². The van der Waals surface area contributed by atoms with E-state index in [4.69, 9.17) is 9.72 Å². The number of hydrogen-bond acceptors (Lipinski definition) is 3. The summed E-state index contributed by atoms with van der Waals surface area (Å²) < 4.78 is 7.48. The number of carbonyl (C=O) groups is 1. The smallest absolute Gasteiger partial charge is 0.410 e. The molecule has 0 radical (unpaired) electrons. The first kappa shape index (κ1) is 20.1. The number of fused-ring (bicyclic) bond motifs is 3. The molecule has 0 bridgehead atoms. The van der Waals surface area contributed by atoms with Crippen LogP contribution in [0.3, 0.4) is 0 Å². The summed E-state index contributed by atoms with van der Waals surface area (Å²) in [4.78, 5) is 19.5. The minimum atomic E-state index is -0.258. The molecule has 2 aliphatic rings. The molecular formula is C26H31N3O2. The zero-order valence-corrected chi connectivity index (χ0v) is 18.5. The fourth-order valence-corrected chi connectivity index (χ4v) is 5.40. The zero-order valence-electron chi connectivity index (χ0n) is 18.5. The molecule has 162 valence electrons. The van der Waals surface area contributed by atoms with Crippen LogP contribution >= 0.6 is 0 Å². The Morgan fingerprint density at radius 2 is 1.87 bits per heavy atom. The van der Waals surface area contributed by atoms with Crippen molar-refractivity contribution in [1.82, 2.24) is 14.5 Å². The standard InChI is InChI=1S/C26H31N3O2/c1-18-15-21-13-14-23-24(22(21)17-28(18)26(30)31-2)27-25(20-11-7-4-8-12-20)29(23)16-19-9-5-3-6-10-19/h3,5-6,9-10,13-14,18,20H,4,7-8,11-12,15-17H2,1-2H3. The first-order valence-corrected chi connectivity index (χ1v) is 11.5. The van der Waals surface area contributed by atoms with Crippen LogP contribution in [0.25, 0.3) is 11.0 Å². The molecule has 1 aliphatic heterocycles. The number of benzene rings is 2. The summed E-state index contributed by atoms with van der Waals surface area (Å²) in [5.74, 6) is 1.73. The topological polar surface area (TPSA) is 47.4 Å². The van der Waals surface area contributed by atoms with Gasteiger partial charge in [0.15, 0.2) is 0 Å². The van der Waals surface area contributed by atoms with E-state index in [1.165, 1.54) is 67.2 Å². The van der Waals surface area contributed by atoms with Gasteiger partial charge < -0.3 is 14.2 Å². The molecule has 0 saturated heterocycles. The molecule has 31 heavy (non-hydrogen) atoms. The van der Waals surface area contributed by atoms with Gasteiger partial charge in [0.25, 0.3) is 0 Å². The fraction of sp³-hybridized carbons (Fsp3) is 0.462. The Bertz CT molecular complexity index is 1080. The molecule has 1 aliphatic carbocycles. The summed E-state index contributed by atoms with van der Waals surface area (Å²) in [5.41, 5.74) is 6.03. The van der Waals surface area contributed by atoms with Crippen LogP contribution in [-0.4, -0.2) is 33.7 Å². The first-order chi connectivity index (χ1) is 15.2. The monoisotopic (exact) mass is 417 g/mol. The van der Waals surface area contributed by atoms with E-state index in [1.807, 2.05) is 4.90 Å². The van der Waals surface area contributed by atoms with Crippen molar-refractivity contribution in [2.45, 2.75) is 70.5 Å². The number of nitrogens with zero attached hydrogens (tertiary/aromatic N) is 3. The Morgan fingerprint density at radius 1 is 1.10 bits per heavy atom. The highest BCUT2D eigenvalue weighted by Gasteiger charge is 2.31. The van der Waals surface area contributed by atoms with Crippen molar-refractivity contribution in [2.75, 3.05) is 7.11 Å². The highest BCUT2D eigenvalue weighted by atomic mass is 16.5. The van der Waals surface area contributed by atoms with Crippen molar-refractivity contribution < 1.29 is 9.53 Å². The van der Waals surface area contributed by atoms with E-state index >= 15 is 0 Å². The molecule has 1 saturated carbocycles. The number of carbonyl (C=O) groups excluding carboxylic acids is 1. The molecule has 3 aromatic rings. The lowest BCUT2D eigenvalue weighted by Crippen LogP contribution is -2.42. The summed E-state index contributed by atoms with van der Waals surface area (Å²) in [6.45, 7) is 3.48. The molecule has 5 rings (SSSR count). The lowest BCUT2D eigenvalue weighted by atomic mass is 9.88. The number of amides is 1. The van der Waals surface area contributed by atoms with E-state index < -0.39 is 0 Å². The molecule has 2 aromatic carbocycles. The van der Waals surface area contributed by atoms with Gasteiger partial charge in [-0.15, -0.1) is 0 Å². The van der Waals surface area contributed by atoms with E-state index in [0.29, 0.717) is 12.5 Å². The third-order valence-electron chi connectivity index (χ3n) is 7.09. The second-order valence-corrected chi connectivity index (χ2v) is 9.10. The molecule has 1 atom stereocenters. The molecule has 0 spiro atoms. The van der Waals surface area contributed by atoms with Crippen molar-refractivity contribution in [2.24, 2.45) is 0 Å². The molecule has 5 nitrogen and oxygen atoms in total. The van der Waals surface area contributed by atoms with Gasteiger partial charge >= 0.3 is 6.09 Å². The first-order valence-electron chi connectivity index (χ1n) is 11.5. The molecule has 1 amide bonds. The average molecular weight is 418 g/mol. The lowest BCUT2D eigenvalue weighted by molar-refractivity contribution is 0.101. The van der Waals surface area contributed by atoms with Gasteiger partial charge in [0.1, 0.15) is 5.82 Å². The molecule has 1 unspecified atom stereocenters. The zero-order chi connectivity index (χ0) is 21.4. The number of aromatic nitrogens is 2. The van der Waals surface area contributed by atoms with E-state index in [9.17, 15) is 4.79 Å². The number of methoxy groups -OCH3 is 1. The normalized spacial score (nSPS) is 19.4. The second-order valence-electron chi connectivity index (χ2n) is 9.10. The Hall–Kier alpha value is -2.82. The van der Waals surface area contributed by atoms with E-state index in [0.717, 1.165) is 18.5 Å². The quantitative estimate of drug-likeness (QED) is 0.554. The molecular weight excluding hydrogens is 386 g/mol. The fourth-order valence-electron chi connectivity index (χ4n) is 5.40. The van der Waals surface area contributed by atoms with Crippen LogP contribution in [0.2, 0.25) is 0 Å². The number of hydrogen-bond donors (Lipinski definition) is 0. The van der Waals surface area contributed by atoms with Gasteiger partial charge in [-0.05, 0) is 43.4 Å². The van der Waals surface area contributed by atoms with Crippen LogP contribution in [0.15, 0.2) is 42.5 Å². The van der Waals surface area contributed by atoms with Crippen LogP contribution in [0.4, 0.5) is 4.79 Å². The maximum Gasteiger partial charge on any atom is 0.410 e. The number of ether oxygens (including phenoxy) is 1. The predicted molar refractivity (Wildman–Crippen MR) is 122 cm³/mol. The summed E-state index contributed by atoms with van der Waals surface area (Å²) in [6.07, 6.45) is 6.90. The summed E-state index contributed by atoms with van der Waals surface area (Å²) in [6, 6.07) is 15.3. The lowest BCUT2D eigenvalue weighted by Gasteiger charge is -2.33. The molecule has 2 heterocycles. The molecule has 1 fully saturated rings. The number of rotatable bonds is 3. The predicted octanol–water partition coefficient (Wildman–Crippen LogP) is 5.65. The Balaban J connectivity index is 1.63. The summed E-state index contributed by atoms with van der Waals surface area (Å²) in [7, 11) is 1.46. The van der Waals surface area contributed by atoms with Gasteiger partial charge in [-0.25, -0.2) is 9.78 Å². The van der Waals surface area contributed by atoms with Crippen LogP contribution in [0, 0.1) is 0 Å². The summed E-state index contributed by atoms with van der Waals surface area (Å²) >= 11 is 0. The van der Waals surface area contributed by atoms with E-state index in [2.05, 4.69) is 54.0 Å². The Kier molecular flexibility index (Phi) is 5.43. The largest absolute Gasteiger partial charge is 0.453 e. The third kappa shape index (κ3) is 3.71. The maximum absolute atomic E-state index is 12.4. The second kappa shape index (κ2) is 8.37. The van der Waals surface area contributed by atoms with Crippen molar-refractivity contribution in [3.8, 4) is 0 Å². The minimum Gasteiger partial charge on any atom is -0.453 e. The van der Waals surface area contributed by atoms with Crippen LogP contribution < -0.4 is 0 Å². The van der Waals surface area contributed by atoms with Crippen LogP contribution in [0.5, 0.6) is 0 Å². The van der Waals surface area contributed by atoms with Crippen LogP contribution in [-0.2, 0) is 24.2 Å². The molecule has 5 heteroatoms. The Labute approximate surface area is 184 Å². The maximum atomic E-state index is 12.4. The van der Waals surface area contributed by atoms with Gasteiger partial charge in [-0.3, -0.25) is 0 Å². The van der Waals surface area contributed by atoms with E-state index in [1.54, 1.807) is 0 Å². The van der Waals surface area contributed by atoms with E-state index in [-0.39, 0.29) is 12.1 Å². The SMILES string of the molecule is COC(=O)N1Cc2c(ccc3c2nc(C2CCCCC2)n3Cc2ccccc2)CC1C. The molecule has 0 N–H and O–H groups in total. The van der Waals surface area contributed by atoms with Gasteiger partial charge in [-0.2, -0.15) is 0 Å².